The highest BCUT2D eigenvalue weighted by Crippen LogP contribution is 2.40. The fourth-order valence-electron chi connectivity index (χ4n) is 4.61. The van der Waals surface area contributed by atoms with E-state index in [1.165, 1.54) is 6.07 Å². The Morgan fingerprint density at radius 1 is 1.20 bits per heavy atom. The zero-order valence-electron chi connectivity index (χ0n) is 22.4. The number of piperidine rings is 1. The van der Waals surface area contributed by atoms with Crippen LogP contribution in [0.4, 0.5) is 33.3 Å². The Hall–Kier alpha value is -2.80. The molecule has 1 aliphatic rings. The molecule has 216 valence electrons. The Morgan fingerprint density at radius 2 is 1.98 bits per heavy atom. The van der Waals surface area contributed by atoms with Crippen molar-refractivity contribution in [2.45, 2.75) is 31.2 Å². The monoisotopic (exact) mass is 599 g/mol. The molecule has 0 saturated carbocycles. The molecule has 2 heterocycles. The van der Waals surface area contributed by atoms with E-state index in [1.54, 1.807) is 43.7 Å². The number of anilines is 2. The number of hydrogen-bond donors (Lipinski definition) is 2. The lowest BCUT2D eigenvalue weighted by molar-refractivity contribution is -0.126. The van der Waals surface area contributed by atoms with E-state index in [-0.39, 0.29) is 29.3 Å². The summed E-state index contributed by atoms with van der Waals surface area (Å²) in [5.74, 6) is 5.89. The standard InChI is InChI=1S/C28H31F5N3O2PS/c1-36-13-11-22(21(30)16-36)35-24-7-4-6-19-20(15-28(31,32)33)26(40-27(19)24)8-5-12-34-23-10-9-18(39(2,3)37)14-25(23)38-17-29/h4,6-7,9-10,14,21-22,34-35H,11-13,15-17H2,1-3H3/t21-,22?/m1/s1. The minimum atomic E-state index is -4.44. The first-order chi connectivity index (χ1) is 18.9. The molecule has 0 spiro atoms. The molecule has 1 saturated heterocycles. The molecule has 1 aliphatic heterocycles. The van der Waals surface area contributed by atoms with E-state index in [2.05, 4.69) is 22.5 Å². The van der Waals surface area contributed by atoms with Gasteiger partial charge in [0.15, 0.2) is 0 Å². The molecule has 1 aromatic heterocycles. The number of thiophene rings is 1. The zero-order valence-corrected chi connectivity index (χ0v) is 24.1. The first-order valence-electron chi connectivity index (χ1n) is 12.7. The second-order valence-electron chi connectivity index (χ2n) is 10.1. The zero-order chi connectivity index (χ0) is 29.1. The van der Waals surface area contributed by atoms with Crippen molar-refractivity contribution in [2.75, 3.05) is 57.5 Å². The highest BCUT2D eigenvalue weighted by atomic mass is 32.1. The van der Waals surface area contributed by atoms with Crippen LogP contribution in [-0.2, 0) is 11.0 Å². The summed E-state index contributed by atoms with van der Waals surface area (Å²) in [5.41, 5.74) is 1.09. The highest BCUT2D eigenvalue weighted by molar-refractivity contribution is 7.70. The van der Waals surface area contributed by atoms with E-state index in [9.17, 15) is 26.5 Å². The fourth-order valence-corrected chi connectivity index (χ4v) is 6.65. The maximum atomic E-state index is 14.7. The SMILES string of the molecule is CN1CCC(Nc2cccc3c(CC(F)(F)F)c(C#CCNc4ccc(P(C)(C)=O)cc4OCF)sc23)[C@H](F)C1. The number of rotatable bonds is 8. The predicted octanol–water partition coefficient (Wildman–Crippen LogP) is 6.48. The van der Waals surface area contributed by atoms with Crippen LogP contribution in [0.2, 0.25) is 0 Å². The van der Waals surface area contributed by atoms with Gasteiger partial charge in [-0.3, -0.25) is 0 Å². The highest BCUT2D eigenvalue weighted by Gasteiger charge is 2.32. The van der Waals surface area contributed by atoms with Gasteiger partial charge < -0.3 is 24.8 Å². The number of fused-ring (bicyclic) bond motifs is 1. The van der Waals surface area contributed by atoms with Gasteiger partial charge in [-0.1, -0.05) is 24.0 Å². The molecular weight excluding hydrogens is 568 g/mol. The number of halogens is 5. The average Bonchev–Trinajstić information content (AvgIpc) is 3.20. The van der Waals surface area contributed by atoms with Gasteiger partial charge in [0.25, 0.3) is 0 Å². The number of alkyl halides is 5. The second kappa shape index (κ2) is 12.4. The van der Waals surface area contributed by atoms with Crippen LogP contribution in [0.5, 0.6) is 5.75 Å². The summed E-state index contributed by atoms with van der Waals surface area (Å²) in [4.78, 5) is 2.18. The van der Waals surface area contributed by atoms with Crippen LogP contribution in [0.15, 0.2) is 36.4 Å². The van der Waals surface area contributed by atoms with Crippen molar-refractivity contribution in [3.8, 4) is 17.6 Å². The Morgan fingerprint density at radius 3 is 2.65 bits per heavy atom. The lowest BCUT2D eigenvalue weighted by Gasteiger charge is -2.33. The summed E-state index contributed by atoms with van der Waals surface area (Å²) in [5, 5.41) is 7.18. The molecule has 1 unspecified atom stereocenters. The molecule has 12 heteroatoms. The van der Waals surface area contributed by atoms with E-state index < -0.39 is 38.8 Å². The third-order valence-corrected chi connectivity index (χ3v) is 9.37. The van der Waals surface area contributed by atoms with E-state index in [4.69, 9.17) is 4.74 Å². The van der Waals surface area contributed by atoms with Crippen LogP contribution >= 0.6 is 18.5 Å². The Kier molecular flexibility index (Phi) is 9.33. The molecule has 0 bridgehead atoms. The maximum Gasteiger partial charge on any atom is 0.393 e. The summed E-state index contributed by atoms with van der Waals surface area (Å²) < 4.78 is 86.2. The van der Waals surface area contributed by atoms with E-state index in [0.29, 0.717) is 33.2 Å². The maximum absolute atomic E-state index is 14.7. The Balaban J connectivity index is 1.60. The van der Waals surface area contributed by atoms with Gasteiger partial charge in [-0.05, 0) is 62.0 Å². The number of hydrogen-bond acceptors (Lipinski definition) is 6. The minimum absolute atomic E-state index is 0.0435. The van der Waals surface area contributed by atoms with E-state index >= 15 is 0 Å². The molecule has 40 heavy (non-hydrogen) atoms. The molecule has 3 aromatic rings. The predicted molar refractivity (Wildman–Crippen MR) is 154 cm³/mol. The van der Waals surface area contributed by atoms with Gasteiger partial charge in [-0.2, -0.15) is 13.2 Å². The molecular formula is C28H31F5N3O2PS. The largest absolute Gasteiger partial charge is 0.461 e. The average molecular weight is 600 g/mol. The Labute approximate surface area is 234 Å². The first-order valence-corrected chi connectivity index (χ1v) is 16.1. The van der Waals surface area contributed by atoms with Crippen molar-refractivity contribution in [3.05, 3.63) is 46.8 Å². The summed E-state index contributed by atoms with van der Waals surface area (Å²) in [7, 11) is -0.745. The van der Waals surface area contributed by atoms with Gasteiger partial charge >= 0.3 is 6.18 Å². The molecule has 0 amide bonds. The minimum Gasteiger partial charge on any atom is -0.461 e. The normalized spacial score (nSPS) is 18.3. The number of nitrogens with zero attached hydrogens (tertiary/aromatic N) is 1. The third-order valence-electron chi connectivity index (χ3n) is 6.65. The van der Waals surface area contributed by atoms with Crippen LogP contribution in [0, 0.1) is 11.8 Å². The quantitative estimate of drug-likeness (QED) is 0.177. The van der Waals surface area contributed by atoms with Gasteiger partial charge in [0, 0.05) is 18.4 Å². The molecule has 2 N–H and O–H groups in total. The summed E-state index contributed by atoms with van der Waals surface area (Å²) in [6.07, 6.45) is -6.10. The molecule has 2 atom stereocenters. The lowest BCUT2D eigenvalue weighted by Crippen LogP contribution is -2.46. The van der Waals surface area contributed by atoms with E-state index in [1.807, 2.05) is 11.9 Å². The number of nitrogens with one attached hydrogen (secondary N) is 2. The van der Waals surface area contributed by atoms with Crippen molar-refractivity contribution < 1.29 is 31.3 Å². The number of ether oxygens (including phenoxy) is 1. The summed E-state index contributed by atoms with van der Waals surface area (Å²) >= 11 is 1.14. The number of benzene rings is 2. The van der Waals surface area contributed by atoms with Crippen molar-refractivity contribution in [1.82, 2.24) is 4.90 Å². The van der Waals surface area contributed by atoms with E-state index in [0.717, 1.165) is 17.9 Å². The van der Waals surface area contributed by atoms with Crippen LogP contribution in [-0.4, -0.2) is 70.2 Å². The van der Waals surface area contributed by atoms with Gasteiger partial charge in [-0.25, -0.2) is 8.78 Å². The van der Waals surface area contributed by atoms with Gasteiger partial charge in [0.1, 0.15) is 19.1 Å². The van der Waals surface area contributed by atoms with Crippen molar-refractivity contribution in [1.29, 1.82) is 0 Å². The topological polar surface area (TPSA) is 53.6 Å². The van der Waals surface area contributed by atoms with Crippen LogP contribution in [0.1, 0.15) is 16.9 Å². The lowest BCUT2D eigenvalue weighted by atomic mass is 10.0. The number of likely N-dealkylation sites (tertiary alicyclic amines) is 1. The molecule has 2 aromatic carbocycles. The smallest absolute Gasteiger partial charge is 0.393 e. The van der Waals surface area contributed by atoms with Gasteiger partial charge in [0.05, 0.1) is 40.0 Å². The van der Waals surface area contributed by atoms with Crippen LogP contribution < -0.4 is 20.7 Å². The second-order valence-corrected chi connectivity index (χ2v) is 14.4. The molecule has 5 nitrogen and oxygen atoms in total. The van der Waals surface area contributed by atoms with Crippen molar-refractivity contribution in [2.24, 2.45) is 0 Å². The molecule has 0 radical (unpaired) electrons. The molecule has 0 aliphatic carbocycles. The van der Waals surface area contributed by atoms with Crippen LogP contribution in [0.3, 0.4) is 0 Å². The Bertz CT molecular complexity index is 1460. The third kappa shape index (κ3) is 7.48. The molecule has 1 fully saturated rings. The van der Waals surface area contributed by atoms with Gasteiger partial charge in [0.2, 0.25) is 6.86 Å². The van der Waals surface area contributed by atoms with Gasteiger partial charge in [-0.15, -0.1) is 11.3 Å². The fraction of sp³-hybridized carbons (Fsp3) is 0.429. The summed E-state index contributed by atoms with van der Waals surface area (Å²) in [6, 6.07) is 9.37. The van der Waals surface area contributed by atoms with Crippen molar-refractivity contribution >= 4 is 45.2 Å². The van der Waals surface area contributed by atoms with Crippen LogP contribution in [0.25, 0.3) is 10.1 Å². The molecule has 4 rings (SSSR count). The first kappa shape index (κ1) is 30.2. The van der Waals surface area contributed by atoms with Crippen molar-refractivity contribution in [3.63, 3.8) is 0 Å². The summed E-state index contributed by atoms with van der Waals surface area (Å²) in [6.45, 7) is 3.16.